The molecule has 0 aliphatic carbocycles. The Morgan fingerprint density at radius 1 is 1.06 bits per heavy atom. The van der Waals surface area contributed by atoms with Gasteiger partial charge in [0.05, 0.1) is 5.92 Å². The molecule has 3 rings (SSSR count). The standard InChI is InChI=1S/C16H15NO/c1-11-14-9-5-8-13(15(14)17-16(11)18)10-12-6-3-2-4-7-12/h2-9,11H,10H2,1H3,(H,17,18). The molecule has 1 N–H and O–H groups in total. The van der Waals surface area contributed by atoms with Crippen LogP contribution in [0, 0.1) is 0 Å². The third kappa shape index (κ3) is 1.80. The molecule has 2 aromatic carbocycles. The number of rotatable bonds is 2. The highest BCUT2D eigenvalue weighted by Crippen LogP contribution is 2.35. The van der Waals surface area contributed by atoms with Crippen LogP contribution in [0.5, 0.6) is 0 Å². The Hall–Kier alpha value is -2.09. The molecule has 1 aliphatic heterocycles. The summed E-state index contributed by atoms with van der Waals surface area (Å²) in [6.07, 6.45) is 0.858. The Morgan fingerprint density at radius 3 is 2.61 bits per heavy atom. The van der Waals surface area contributed by atoms with Crippen LogP contribution in [0.25, 0.3) is 0 Å². The average molecular weight is 237 g/mol. The third-order valence-electron chi connectivity index (χ3n) is 3.53. The van der Waals surface area contributed by atoms with Crippen LogP contribution in [-0.4, -0.2) is 5.91 Å². The van der Waals surface area contributed by atoms with Gasteiger partial charge in [0.15, 0.2) is 0 Å². The quantitative estimate of drug-likeness (QED) is 0.852. The lowest BCUT2D eigenvalue weighted by molar-refractivity contribution is -0.116. The molecule has 1 heterocycles. The molecule has 0 saturated carbocycles. The van der Waals surface area contributed by atoms with Crippen molar-refractivity contribution < 1.29 is 4.79 Å². The molecule has 2 nitrogen and oxygen atoms in total. The Kier molecular flexibility index (Phi) is 2.63. The first-order valence-corrected chi connectivity index (χ1v) is 6.22. The Morgan fingerprint density at radius 2 is 1.83 bits per heavy atom. The van der Waals surface area contributed by atoms with Crippen LogP contribution < -0.4 is 5.32 Å². The van der Waals surface area contributed by atoms with E-state index in [2.05, 4.69) is 23.5 Å². The normalized spacial score (nSPS) is 17.4. The highest BCUT2D eigenvalue weighted by atomic mass is 16.2. The van der Waals surface area contributed by atoms with Crippen LogP contribution in [0.1, 0.15) is 29.5 Å². The number of amides is 1. The fourth-order valence-electron chi connectivity index (χ4n) is 2.47. The summed E-state index contributed by atoms with van der Waals surface area (Å²) in [5.74, 6) is 0.0706. The molecule has 1 unspecified atom stereocenters. The van der Waals surface area contributed by atoms with E-state index in [9.17, 15) is 4.79 Å². The first-order valence-electron chi connectivity index (χ1n) is 6.22. The van der Waals surface area contributed by atoms with Crippen LogP contribution in [0.4, 0.5) is 5.69 Å². The number of nitrogens with one attached hydrogen (secondary N) is 1. The van der Waals surface area contributed by atoms with E-state index in [0.29, 0.717) is 0 Å². The van der Waals surface area contributed by atoms with Gasteiger partial charge in [-0.15, -0.1) is 0 Å². The Labute approximate surface area is 107 Å². The summed E-state index contributed by atoms with van der Waals surface area (Å²) in [6.45, 7) is 1.95. The van der Waals surface area contributed by atoms with E-state index in [1.807, 2.05) is 37.3 Å². The molecule has 1 aliphatic rings. The lowest BCUT2D eigenvalue weighted by Gasteiger charge is -2.08. The van der Waals surface area contributed by atoms with Gasteiger partial charge in [-0.05, 0) is 30.0 Å². The summed E-state index contributed by atoms with van der Waals surface area (Å²) in [4.78, 5) is 11.7. The second-order valence-electron chi connectivity index (χ2n) is 4.75. The van der Waals surface area contributed by atoms with Crippen molar-refractivity contribution in [3.8, 4) is 0 Å². The van der Waals surface area contributed by atoms with E-state index in [1.54, 1.807) is 0 Å². The van der Waals surface area contributed by atoms with Crippen molar-refractivity contribution in [3.05, 3.63) is 65.2 Å². The topological polar surface area (TPSA) is 29.1 Å². The van der Waals surface area contributed by atoms with Crippen LogP contribution in [0.2, 0.25) is 0 Å². The van der Waals surface area contributed by atoms with Crippen molar-refractivity contribution in [3.63, 3.8) is 0 Å². The third-order valence-corrected chi connectivity index (χ3v) is 3.53. The Bertz CT molecular complexity index is 589. The zero-order valence-electron chi connectivity index (χ0n) is 10.3. The van der Waals surface area contributed by atoms with Crippen LogP contribution in [0.15, 0.2) is 48.5 Å². The molecular weight excluding hydrogens is 222 g/mol. The zero-order valence-corrected chi connectivity index (χ0v) is 10.3. The second kappa shape index (κ2) is 4.30. The second-order valence-corrected chi connectivity index (χ2v) is 4.75. The van der Waals surface area contributed by atoms with Crippen molar-refractivity contribution in [2.24, 2.45) is 0 Å². The molecule has 2 aromatic rings. The predicted octanol–water partition coefficient (Wildman–Crippen LogP) is 3.33. The molecule has 90 valence electrons. The summed E-state index contributed by atoms with van der Waals surface area (Å²) >= 11 is 0. The number of carbonyl (C=O) groups is 1. The lowest BCUT2D eigenvalue weighted by atomic mass is 9.97. The van der Waals surface area contributed by atoms with E-state index >= 15 is 0 Å². The molecule has 18 heavy (non-hydrogen) atoms. The van der Waals surface area contributed by atoms with Crippen molar-refractivity contribution in [1.82, 2.24) is 0 Å². The van der Waals surface area contributed by atoms with E-state index < -0.39 is 0 Å². The number of hydrogen-bond acceptors (Lipinski definition) is 1. The smallest absolute Gasteiger partial charge is 0.231 e. The SMILES string of the molecule is CC1C(=O)Nc2c(Cc3ccccc3)cccc21. The minimum absolute atomic E-state index is 0.0317. The average Bonchev–Trinajstić information content (AvgIpc) is 2.69. The minimum atomic E-state index is -0.0317. The summed E-state index contributed by atoms with van der Waals surface area (Å²) in [5, 5.41) is 3.00. The Balaban J connectivity index is 1.98. The molecule has 0 spiro atoms. The number of fused-ring (bicyclic) bond motifs is 1. The van der Waals surface area contributed by atoms with Crippen molar-refractivity contribution in [2.75, 3.05) is 5.32 Å². The predicted molar refractivity (Wildman–Crippen MR) is 72.7 cm³/mol. The summed E-state index contributed by atoms with van der Waals surface area (Å²) in [5.41, 5.74) is 4.59. The van der Waals surface area contributed by atoms with Gasteiger partial charge in [0.25, 0.3) is 0 Å². The van der Waals surface area contributed by atoms with Gasteiger partial charge in [0.2, 0.25) is 5.91 Å². The molecule has 0 aromatic heterocycles. The molecule has 0 bridgehead atoms. The zero-order chi connectivity index (χ0) is 12.5. The van der Waals surface area contributed by atoms with Gasteiger partial charge in [-0.25, -0.2) is 0 Å². The number of anilines is 1. The monoisotopic (exact) mass is 237 g/mol. The maximum atomic E-state index is 11.7. The van der Waals surface area contributed by atoms with Gasteiger partial charge in [0, 0.05) is 5.69 Å². The number of para-hydroxylation sites is 1. The molecule has 1 amide bonds. The van der Waals surface area contributed by atoms with E-state index in [4.69, 9.17) is 0 Å². The van der Waals surface area contributed by atoms with Gasteiger partial charge in [-0.2, -0.15) is 0 Å². The van der Waals surface area contributed by atoms with Gasteiger partial charge in [-0.3, -0.25) is 4.79 Å². The summed E-state index contributed by atoms with van der Waals surface area (Å²) in [7, 11) is 0. The fourth-order valence-corrected chi connectivity index (χ4v) is 2.47. The van der Waals surface area contributed by atoms with Crippen LogP contribution in [0.3, 0.4) is 0 Å². The maximum Gasteiger partial charge on any atom is 0.231 e. The lowest BCUT2D eigenvalue weighted by Crippen LogP contribution is -2.08. The van der Waals surface area contributed by atoms with Crippen molar-refractivity contribution >= 4 is 11.6 Å². The van der Waals surface area contributed by atoms with Crippen LogP contribution in [-0.2, 0) is 11.2 Å². The van der Waals surface area contributed by atoms with Crippen molar-refractivity contribution in [2.45, 2.75) is 19.3 Å². The number of hydrogen-bond donors (Lipinski definition) is 1. The first-order chi connectivity index (χ1) is 8.75. The fraction of sp³-hybridized carbons (Fsp3) is 0.188. The van der Waals surface area contributed by atoms with E-state index in [0.717, 1.165) is 17.7 Å². The summed E-state index contributed by atoms with van der Waals surface area (Å²) < 4.78 is 0. The maximum absolute atomic E-state index is 11.7. The van der Waals surface area contributed by atoms with Gasteiger partial charge in [-0.1, -0.05) is 48.5 Å². The minimum Gasteiger partial charge on any atom is -0.325 e. The van der Waals surface area contributed by atoms with E-state index in [1.165, 1.54) is 11.1 Å². The first kappa shape index (κ1) is 11.0. The highest BCUT2D eigenvalue weighted by Gasteiger charge is 2.27. The van der Waals surface area contributed by atoms with Gasteiger partial charge < -0.3 is 5.32 Å². The summed E-state index contributed by atoms with van der Waals surface area (Å²) in [6, 6.07) is 16.5. The number of carbonyl (C=O) groups excluding carboxylic acids is 1. The highest BCUT2D eigenvalue weighted by molar-refractivity contribution is 6.03. The molecule has 1 atom stereocenters. The molecular formula is C16H15NO. The van der Waals surface area contributed by atoms with Crippen molar-refractivity contribution in [1.29, 1.82) is 0 Å². The molecule has 2 heteroatoms. The van der Waals surface area contributed by atoms with E-state index in [-0.39, 0.29) is 11.8 Å². The van der Waals surface area contributed by atoms with Crippen LogP contribution >= 0.6 is 0 Å². The molecule has 0 saturated heterocycles. The molecule has 0 radical (unpaired) electrons. The van der Waals surface area contributed by atoms with Gasteiger partial charge >= 0.3 is 0 Å². The largest absolute Gasteiger partial charge is 0.325 e. The molecule has 0 fully saturated rings. The number of benzene rings is 2. The van der Waals surface area contributed by atoms with Gasteiger partial charge in [0.1, 0.15) is 0 Å².